The molecule has 0 unspecified atom stereocenters. The number of hydrogen-bond donors (Lipinski definition) is 1. The molecule has 0 bridgehead atoms. The number of carboxylic acids is 1. The van der Waals surface area contributed by atoms with Crippen molar-refractivity contribution in [1.29, 1.82) is 0 Å². The van der Waals surface area contributed by atoms with E-state index in [-0.39, 0.29) is 18.2 Å². The summed E-state index contributed by atoms with van der Waals surface area (Å²) in [6.45, 7) is 5.04. The predicted molar refractivity (Wildman–Crippen MR) is 85.0 cm³/mol. The lowest BCUT2D eigenvalue weighted by Gasteiger charge is -2.22. The van der Waals surface area contributed by atoms with Gasteiger partial charge in [0.15, 0.2) is 0 Å². The average Bonchev–Trinajstić information content (AvgIpc) is 2.50. The van der Waals surface area contributed by atoms with Gasteiger partial charge in [0.2, 0.25) is 0 Å². The number of carbonyl (C=O) groups is 2. The molecule has 5 nitrogen and oxygen atoms in total. The molecule has 0 aromatic heterocycles. The van der Waals surface area contributed by atoms with Gasteiger partial charge in [0.1, 0.15) is 0 Å². The maximum absolute atomic E-state index is 12.0. The van der Waals surface area contributed by atoms with Gasteiger partial charge in [-0.15, -0.1) is 0 Å². The standard InChI is InChI=1S/C17H25NO4/c1-3-5-6-9-12-18(17(21)22-4-2)13-14-10-7-8-11-15(14)16(19)20/h7-8,10-11H,3-6,9,12-13H2,1-2H3,(H,19,20). The minimum Gasteiger partial charge on any atom is -0.478 e. The Hall–Kier alpha value is -2.04. The van der Waals surface area contributed by atoms with Crippen molar-refractivity contribution < 1.29 is 19.4 Å². The van der Waals surface area contributed by atoms with Crippen LogP contribution in [0.1, 0.15) is 55.5 Å². The third-order valence-corrected chi connectivity index (χ3v) is 3.42. The maximum atomic E-state index is 12.0. The van der Waals surface area contributed by atoms with Crippen LogP contribution in [0, 0.1) is 0 Å². The van der Waals surface area contributed by atoms with Crippen LogP contribution in [-0.4, -0.2) is 35.2 Å². The number of carboxylic acid groups (broad SMARTS) is 1. The van der Waals surface area contributed by atoms with E-state index in [1.54, 1.807) is 36.1 Å². The van der Waals surface area contributed by atoms with Crippen LogP contribution in [0.4, 0.5) is 4.79 Å². The smallest absolute Gasteiger partial charge is 0.410 e. The van der Waals surface area contributed by atoms with Crippen molar-refractivity contribution in [2.45, 2.75) is 46.1 Å². The molecule has 1 aromatic rings. The highest BCUT2D eigenvalue weighted by Gasteiger charge is 2.18. The highest BCUT2D eigenvalue weighted by atomic mass is 16.6. The van der Waals surface area contributed by atoms with Gasteiger partial charge >= 0.3 is 12.1 Å². The van der Waals surface area contributed by atoms with Crippen molar-refractivity contribution in [3.05, 3.63) is 35.4 Å². The molecule has 0 spiro atoms. The Labute approximate surface area is 131 Å². The minimum atomic E-state index is -0.981. The molecule has 5 heteroatoms. The van der Waals surface area contributed by atoms with Gasteiger partial charge in [-0.3, -0.25) is 0 Å². The van der Waals surface area contributed by atoms with E-state index in [4.69, 9.17) is 4.74 Å². The number of carbonyl (C=O) groups excluding carboxylic acids is 1. The monoisotopic (exact) mass is 307 g/mol. The van der Waals surface area contributed by atoms with Crippen LogP contribution in [0.15, 0.2) is 24.3 Å². The molecule has 122 valence electrons. The van der Waals surface area contributed by atoms with E-state index >= 15 is 0 Å². The van der Waals surface area contributed by atoms with Crippen LogP contribution < -0.4 is 0 Å². The highest BCUT2D eigenvalue weighted by molar-refractivity contribution is 5.89. The largest absolute Gasteiger partial charge is 0.478 e. The van der Waals surface area contributed by atoms with Crippen LogP contribution in [0.2, 0.25) is 0 Å². The average molecular weight is 307 g/mol. The zero-order valence-corrected chi connectivity index (χ0v) is 13.4. The van der Waals surface area contributed by atoms with E-state index in [2.05, 4.69) is 6.92 Å². The Morgan fingerprint density at radius 1 is 1.14 bits per heavy atom. The summed E-state index contributed by atoms with van der Waals surface area (Å²) >= 11 is 0. The minimum absolute atomic E-state index is 0.227. The second-order valence-corrected chi connectivity index (χ2v) is 5.14. The van der Waals surface area contributed by atoms with E-state index in [0.29, 0.717) is 18.7 Å². The Balaban J connectivity index is 2.79. The molecule has 0 radical (unpaired) electrons. The SMILES string of the molecule is CCCCCCN(Cc1ccccc1C(=O)O)C(=O)OCC. The van der Waals surface area contributed by atoms with Crippen LogP contribution in [0.5, 0.6) is 0 Å². The Kier molecular flexibility index (Phi) is 8.04. The number of nitrogens with zero attached hydrogens (tertiary/aromatic N) is 1. The van der Waals surface area contributed by atoms with Gasteiger partial charge in [0.25, 0.3) is 0 Å². The topological polar surface area (TPSA) is 66.8 Å². The van der Waals surface area contributed by atoms with Crippen molar-refractivity contribution >= 4 is 12.1 Å². The fraction of sp³-hybridized carbons (Fsp3) is 0.529. The summed E-state index contributed by atoms with van der Waals surface area (Å²) in [5.74, 6) is -0.981. The lowest BCUT2D eigenvalue weighted by atomic mass is 10.1. The molecule has 22 heavy (non-hydrogen) atoms. The van der Waals surface area contributed by atoms with Gasteiger partial charge in [-0.2, -0.15) is 0 Å². The fourth-order valence-corrected chi connectivity index (χ4v) is 2.25. The molecule has 1 amide bonds. The summed E-state index contributed by atoms with van der Waals surface area (Å²) in [7, 11) is 0. The van der Waals surface area contributed by atoms with Crippen molar-refractivity contribution in [2.75, 3.05) is 13.2 Å². The normalized spacial score (nSPS) is 10.3. The molecule has 1 aromatic carbocycles. The zero-order valence-electron chi connectivity index (χ0n) is 13.4. The summed E-state index contributed by atoms with van der Waals surface area (Å²) in [6, 6.07) is 6.75. The van der Waals surface area contributed by atoms with E-state index in [1.807, 2.05) is 0 Å². The summed E-state index contributed by atoms with van der Waals surface area (Å²) in [6.07, 6.45) is 3.80. The lowest BCUT2D eigenvalue weighted by Crippen LogP contribution is -2.32. The highest BCUT2D eigenvalue weighted by Crippen LogP contribution is 2.14. The van der Waals surface area contributed by atoms with Crippen LogP contribution in [-0.2, 0) is 11.3 Å². The van der Waals surface area contributed by atoms with E-state index < -0.39 is 5.97 Å². The first-order chi connectivity index (χ1) is 10.6. The molecule has 0 aliphatic carbocycles. The second-order valence-electron chi connectivity index (χ2n) is 5.14. The number of benzene rings is 1. The summed E-state index contributed by atoms with van der Waals surface area (Å²) in [5.41, 5.74) is 0.851. The van der Waals surface area contributed by atoms with Crippen molar-refractivity contribution in [2.24, 2.45) is 0 Å². The first-order valence-corrected chi connectivity index (χ1v) is 7.83. The van der Waals surface area contributed by atoms with Crippen LogP contribution in [0.3, 0.4) is 0 Å². The van der Waals surface area contributed by atoms with Gasteiger partial charge in [-0.1, -0.05) is 44.4 Å². The predicted octanol–water partition coefficient (Wildman–Crippen LogP) is 3.92. The fourth-order valence-electron chi connectivity index (χ4n) is 2.25. The summed E-state index contributed by atoms with van der Waals surface area (Å²) in [4.78, 5) is 24.9. The van der Waals surface area contributed by atoms with Crippen LogP contribution in [0.25, 0.3) is 0 Å². The van der Waals surface area contributed by atoms with Gasteiger partial charge < -0.3 is 14.7 Å². The van der Waals surface area contributed by atoms with Crippen molar-refractivity contribution in [3.8, 4) is 0 Å². The molecule has 0 aliphatic rings. The molecule has 0 aliphatic heterocycles. The third-order valence-electron chi connectivity index (χ3n) is 3.42. The van der Waals surface area contributed by atoms with E-state index in [1.165, 1.54) is 0 Å². The van der Waals surface area contributed by atoms with E-state index in [9.17, 15) is 14.7 Å². The Morgan fingerprint density at radius 2 is 1.86 bits per heavy atom. The first-order valence-electron chi connectivity index (χ1n) is 7.83. The number of amides is 1. The lowest BCUT2D eigenvalue weighted by molar-refractivity contribution is 0.0691. The van der Waals surface area contributed by atoms with Crippen LogP contribution >= 0.6 is 0 Å². The zero-order chi connectivity index (χ0) is 16.4. The molecule has 0 saturated heterocycles. The van der Waals surface area contributed by atoms with Crippen molar-refractivity contribution in [3.63, 3.8) is 0 Å². The quantitative estimate of drug-likeness (QED) is 0.702. The molecule has 0 heterocycles. The summed E-state index contributed by atoms with van der Waals surface area (Å²) in [5, 5.41) is 9.23. The number of hydrogen-bond acceptors (Lipinski definition) is 3. The molecule has 0 fully saturated rings. The summed E-state index contributed by atoms with van der Waals surface area (Å²) < 4.78 is 5.07. The van der Waals surface area contributed by atoms with Crippen molar-refractivity contribution in [1.82, 2.24) is 4.90 Å². The Bertz CT molecular complexity index is 487. The maximum Gasteiger partial charge on any atom is 0.410 e. The molecule has 0 saturated carbocycles. The van der Waals surface area contributed by atoms with Gasteiger partial charge in [0.05, 0.1) is 12.2 Å². The number of ether oxygens (including phenoxy) is 1. The van der Waals surface area contributed by atoms with E-state index in [0.717, 1.165) is 25.7 Å². The molecular formula is C17H25NO4. The second kappa shape index (κ2) is 9.82. The number of unbranched alkanes of at least 4 members (excludes halogenated alkanes) is 3. The third kappa shape index (κ3) is 5.76. The number of aromatic carboxylic acids is 1. The molecule has 1 N–H and O–H groups in total. The van der Waals surface area contributed by atoms with Gasteiger partial charge in [0, 0.05) is 13.1 Å². The first kappa shape index (κ1) is 18.0. The molecule has 0 atom stereocenters. The number of rotatable bonds is 9. The molecule has 1 rings (SSSR count). The molecular weight excluding hydrogens is 282 g/mol. The Morgan fingerprint density at radius 3 is 2.50 bits per heavy atom. The van der Waals surface area contributed by atoms with Gasteiger partial charge in [-0.25, -0.2) is 9.59 Å². The van der Waals surface area contributed by atoms with Gasteiger partial charge in [-0.05, 0) is 25.0 Å².